The molecule has 0 saturated heterocycles. The van der Waals surface area contributed by atoms with Crippen molar-refractivity contribution in [3.05, 3.63) is 18.0 Å². The van der Waals surface area contributed by atoms with Crippen LogP contribution >= 0.6 is 0 Å². The Morgan fingerprint density at radius 3 is 2.38 bits per heavy atom. The molecule has 0 spiro atoms. The molecule has 0 saturated carbocycles. The molecule has 1 aromatic heterocycles. The predicted molar refractivity (Wildman–Crippen MR) is 89.0 cm³/mol. The second kappa shape index (κ2) is 7.92. The van der Waals surface area contributed by atoms with E-state index in [9.17, 15) is 0 Å². The Morgan fingerprint density at radius 1 is 1.33 bits per heavy atom. The summed E-state index contributed by atoms with van der Waals surface area (Å²) in [5.74, 6) is 5.83. The van der Waals surface area contributed by atoms with E-state index in [4.69, 9.17) is 10.9 Å². The van der Waals surface area contributed by atoms with Crippen molar-refractivity contribution in [1.82, 2.24) is 20.1 Å². The normalized spacial score (nSPS) is 16.4. The standard InChI is InChI=1S/C16H33N5/c1-7-14(8-2)21-11-10-13(19-21)12-15(18-17)16(4,9-3)20(5)6/h10-11,14-15,18H,7-9,12,17H2,1-6H3. The number of nitrogens with one attached hydrogen (secondary N) is 1. The molecule has 1 rings (SSSR count). The summed E-state index contributed by atoms with van der Waals surface area (Å²) in [7, 11) is 4.22. The van der Waals surface area contributed by atoms with E-state index in [1.807, 2.05) is 0 Å². The topological polar surface area (TPSA) is 59.1 Å². The lowest BCUT2D eigenvalue weighted by atomic mass is 9.85. The molecule has 0 radical (unpaired) electrons. The highest BCUT2D eigenvalue weighted by molar-refractivity contribution is 5.07. The van der Waals surface area contributed by atoms with Gasteiger partial charge in [-0.05, 0) is 46.3 Å². The molecule has 122 valence electrons. The second-order valence-corrected chi connectivity index (χ2v) is 6.29. The van der Waals surface area contributed by atoms with Gasteiger partial charge in [0.15, 0.2) is 0 Å². The Bertz CT molecular complexity index is 411. The molecule has 3 N–H and O–H groups in total. The van der Waals surface area contributed by atoms with Crippen molar-refractivity contribution >= 4 is 0 Å². The van der Waals surface area contributed by atoms with Gasteiger partial charge >= 0.3 is 0 Å². The Balaban J connectivity index is 2.87. The van der Waals surface area contributed by atoms with E-state index >= 15 is 0 Å². The molecule has 5 nitrogen and oxygen atoms in total. The number of nitrogens with two attached hydrogens (primary N) is 1. The van der Waals surface area contributed by atoms with E-state index in [1.54, 1.807) is 0 Å². The van der Waals surface area contributed by atoms with Crippen LogP contribution < -0.4 is 11.3 Å². The van der Waals surface area contributed by atoms with Crippen LogP contribution in [0.1, 0.15) is 58.7 Å². The zero-order chi connectivity index (χ0) is 16.0. The molecule has 0 bridgehead atoms. The largest absolute Gasteiger partial charge is 0.302 e. The second-order valence-electron chi connectivity index (χ2n) is 6.29. The summed E-state index contributed by atoms with van der Waals surface area (Å²) >= 11 is 0. The number of hydrogen-bond donors (Lipinski definition) is 2. The summed E-state index contributed by atoms with van der Waals surface area (Å²) < 4.78 is 2.10. The SMILES string of the molecule is CCC(CC)n1ccc(CC(NN)C(C)(CC)N(C)C)n1. The number of hydrogen-bond acceptors (Lipinski definition) is 4. The quantitative estimate of drug-likeness (QED) is 0.542. The summed E-state index contributed by atoms with van der Waals surface area (Å²) in [6.45, 7) is 8.86. The highest BCUT2D eigenvalue weighted by atomic mass is 15.3. The van der Waals surface area contributed by atoms with Gasteiger partial charge in [-0.2, -0.15) is 5.10 Å². The van der Waals surface area contributed by atoms with Crippen LogP contribution in [0.25, 0.3) is 0 Å². The minimum absolute atomic E-state index is 0.00738. The first-order chi connectivity index (χ1) is 9.92. The number of nitrogens with zero attached hydrogens (tertiary/aromatic N) is 3. The highest BCUT2D eigenvalue weighted by Gasteiger charge is 2.34. The number of rotatable bonds is 9. The molecule has 2 atom stereocenters. The molecule has 2 unspecified atom stereocenters. The zero-order valence-corrected chi connectivity index (χ0v) is 14.6. The van der Waals surface area contributed by atoms with Gasteiger partial charge in [-0.3, -0.25) is 16.0 Å². The third-order valence-corrected chi connectivity index (χ3v) is 5.08. The van der Waals surface area contributed by atoms with Crippen LogP contribution in [0, 0.1) is 0 Å². The molecule has 0 aliphatic rings. The molecular formula is C16H33N5. The molecule has 0 fully saturated rings. The predicted octanol–water partition coefficient (Wildman–Crippen LogP) is 2.35. The number of aromatic nitrogens is 2. The summed E-state index contributed by atoms with van der Waals surface area (Å²) in [5.41, 5.74) is 4.11. The van der Waals surface area contributed by atoms with Crippen molar-refractivity contribution in [3.63, 3.8) is 0 Å². The van der Waals surface area contributed by atoms with Crippen LogP contribution in [-0.4, -0.2) is 40.4 Å². The van der Waals surface area contributed by atoms with E-state index in [0.717, 1.165) is 31.4 Å². The van der Waals surface area contributed by atoms with Crippen LogP contribution in [-0.2, 0) is 6.42 Å². The summed E-state index contributed by atoms with van der Waals surface area (Å²) in [6.07, 6.45) is 6.19. The van der Waals surface area contributed by atoms with Gasteiger partial charge in [-0.25, -0.2) is 0 Å². The van der Waals surface area contributed by atoms with Crippen LogP contribution in [0.5, 0.6) is 0 Å². The average molecular weight is 295 g/mol. The van der Waals surface area contributed by atoms with Crippen LogP contribution in [0.2, 0.25) is 0 Å². The molecule has 0 aliphatic carbocycles. The van der Waals surface area contributed by atoms with Gasteiger partial charge in [-0.1, -0.05) is 20.8 Å². The maximum Gasteiger partial charge on any atom is 0.0641 e. The van der Waals surface area contributed by atoms with Crippen LogP contribution in [0.15, 0.2) is 12.3 Å². The fraction of sp³-hybridized carbons (Fsp3) is 0.812. The fourth-order valence-electron chi connectivity index (χ4n) is 2.89. The number of hydrazine groups is 1. The Kier molecular flexibility index (Phi) is 6.84. The van der Waals surface area contributed by atoms with E-state index in [0.29, 0.717) is 6.04 Å². The third-order valence-electron chi connectivity index (χ3n) is 5.08. The molecule has 0 aromatic carbocycles. The average Bonchev–Trinajstić information content (AvgIpc) is 2.93. The van der Waals surface area contributed by atoms with Crippen molar-refractivity contribution in [2.75, 3.05) is 14.1 Å². The summed E-state index contributed by atoms with van der Waals surface area (Å²) in [6, 6.07) is 2.78. The molecule has 1 aromatic rings. The molecule has 5 heteroatoms. The first-order valence-corrected chi connectivity index (χ1v) is 8.10. The van der Waals surface area contributed by atoms with Gasteiger partial charge < -0.3 is 4.90 Å². The van der Waals surface area contributed by atoms with Crippen molar-refractivity contribution < 1.29 is 0 Å². The van der Waals surface area contributed by atoms with Crippen molar-refractivity contribution in [2.45, 2.75) is 71.0 Å². The Morgan fingerprint density at radius 2 is 1.95 bits per heavy atom. The third kappa shape index (κ3) is 4.05. The van der Waals surface area contributed by atoms with Gasteiger partial charge in [-0.15, -0.1) is 0 Å². The Hall–Kier alpha value is -0.910. The molecular weight excluding hydrogens is 262 g/mol. The first-order valence-electron chi connectivity index (χ1n) is 8.10. The summed E-state index contributed by atoms with van der Waals surface area (Å²) in [5, 5.41) is 4.75. The molecule has 0 aliphatic heterocycles. The van der Waals surface area contributed by atoms with Gasteiger partial charge in [0.05, 0.1) is 11.7 Å². The van der Waals surface area contributed by atoms with E-state index < -0.39 is 0 Å². The van der Waals surface area contributed by atoms with E-state index in [-0.39, 0.29) is 11.6 Å². The highest BCUT2D eigenvalue weighted by Crippen LogP contribution is 2.23. The van der Waals surface area contributed by atoms with E-state index in [2.05, 4.69) is 69.1 Å². The minimum atomic E-state index is 0.00738. The maximum absolute atomic E-state index is 5.83. The minimum Gasteiger partial charge on any atom is -0.302 e. The lowest BCUT2D eigenvalue weighted by Crippen LogP contribution is -2.59. The van der Waals surface area contributed by atoms with Crippen molar-refractivity contribution in [2.24, 2.45) is 5.84 Å². The monoisotopic (exact) mass is 295 g/mol. The maximum atomic E-state index is 5.83. The van der Waals surface area contributed by atoms with Crippen LogP contribution in [0.4, 0.5) is 0 Å². The Labute approximate surface area is 129 Å². The molecule has 0 amide bonds. The summed E-state index contributed by atoms with van der Waals surface area (Å²) in [4.78, 5) is 2.25. The fourth-order valence-corrected chi connectivity index (χ4v) is 2.89. The zero-order valence-electron chi connectivity index (χ0n) is 14.6. The number of likely N-dealkylation sites (N-methyl/N-ethyl adjacent to an activating group) is 1. The van der Waals surface area contributed by atoms with Crippen LogP contribution in [0.3, 0.4) is 0 Å². The van der Waals surface area contributed by atoms with Crippen molar-refractivity contribution in [3.8, 4) is 0 Å². The van der Waals surface area contributed by atoms with Crippen molar-refractivity contribution in [1.29, 1.82) is 0 Å². The van der Waals surface area contributed by atoms with E-state index in [1.165, 1.54) is 0 Å². The van der Waals surface area contributed by atoms with Gasteiger partial charge in [0.25, 0.3) is 0 Å². The van der Waals surface area contributed by atoms with Gasteiger partial charge in [0.1, 0.15) is 0 Å². The lowest BCUT2D eigenvalue weighted by molar-refractivity contribution is 0.112. The van der Waals surface area contributed by atoms with Gasteiger partial charge in [0, 0.05) is 24.2 Å². The first kappa shape index (κ1) is 18.1. The molecule has 21 heavy (non-hydrogen) atoms. The van der Waals surface area contributed by atoms with Gasteiger partial charge in [0.2, 0.25) is 0 Å². The molecule has 1 heterocycles. The smallest absolute Gasteiger partial charge is 0.0641 e. The lowest BCUT2D eigenvalue weighted by Gasteiger charge is -2.42.